The zero-order chi connectivity index (χ0) is 45.2. The zero-order valence-electron chi connectivity index (χ0n) is 41.0. The SMILES string of the molecule is CCCCC/C=C\C/C=C\C/C=C\CCCCCCC(CC(=O)NC(CO)C(O)CCCCCCCCCCCCCCC)OC(=O)CC/C=C/C/C=C\CCCCCCCC. The Labute approximate surface area is 384 Å². The monoisotopic (exact) mass is 868 g/mol. The average Bonchev–Trinajstić information content (AvgIpc) is 3.26. The topological polar surface area (TPSA) is 95.9 Å². The number of esters is 1. The fraction of sp³-hybridized carbons (Fsp3) is 0.786. The van der Waals surface area contributed by atoms with E-state index in [1.165, 1.54) is 128 Å². The summed E-state index contributed by atoms with van der Waals surface area (Å²) in [7, 11) is 0. The molecule has 3 atom stereocenters. The van der Waals surface area contributed by atoms with Gasteiger partial charge >= 0.3 is 5.97 Å². The lowest BCUT2D eigenvalue weighted by Gasteiger charge is -2.24. The van der Waals surface area contributed by atoms with Crippen LogP contribution in [0.5, 0.6) is 0 Å². The number of amides is 1. The number of carbonyl (C=O) groups excluding carboxylic acids is 2. The molecule has 0 aromatic rings. The molecule has 0 aliphatic heterocycles. The van der Waals surface area contributed by atoms with Crippen LogP contribution in [0.2, 0.25) is 0 Å². The molecule has 0 fully saturated rings. The highest BCUT2D eigenvalue weighted by Crippen LogP contribution is 2.17. The third kappa shape index (κ3) is 44.2. The van der Waals surface area contributed by atoms with E-state index in [4.69, 9.17) is 4.74 Å². The standard InChI is InChI=1S/C56H101NO5/c1-4-7-10-13-16-19-22-25-26-27-28-31-32-35-38-41-44-47-52(62-56(61)49-46-43-40-37-34-30-24-21-18-15-12-9-6-3)50-55(60)57-53(51-58)54(59)48-45-42-39-36-33-29-23-20-17-14-11-8-5-2/h16,19,25-26,28,30-31,34,40,43,52-54,58-59H,4-15,17-18,20-24,27,29,32-33,35-39,41-42,44-51H2,1-3H3,(H,57,60)/b19-16-,26-25-,31-28-,34-30-,43-40+. The van der Waals surface area contributed by atoms with Crippen LogP contribution < -0.4 is 5.32 Å². The summed E-state index contributed by atoms with van der Waals surface area (Å²) in [5, 5.41) is 23.8. The molecule has 0 saturated heterocycles. The third-order valence-electron chi connectivity index (χ3n) is 11.8. The summed E-state index contributed by atoms with van der Waals surface area (Å²) < 4.78 is 5.89. The second kappa shape index (κ2) is 49.6. The van der Waals surface area contributed by atoms with Crippen LogP contribution in [0.1, 0.15) is 258 Å². The lowest BCUT2D eigenvalue weighted by Crippen LogP contribution is -2.46. The largest absolute Gasteiger partial charge is 0.462 e. The minimum atomic E-state index is -0.804. The molecule has 3 unspecified atom stereocenters. The van der Waals surface area contributed by atoms with Crippen LogP contribution in [0, 0.1) is 0 Å². The van der Waals surface area contributed by atoms with Gasteiger partial charge in [0.15, 0.2) is 0 Å². The lowest BCUT2D eigenvalue weighted by atomic mass is 10.0. The van der Waals surface area contributed by atoms with Gasteiger partial charge in [-0.15, -0.1) is 0 Å². The van der Waals surface area contributed by atoms with E-state index in [0.29, 0.717) is 19.3 Å². The first-order valence-corrected chi connectivity index (χ1v) is 26.5. The first-order valence-electron chi connectivity index (χ1n) is 26.5. The van der Waals surface area contributed by atoms with Crippen LogP contribution in [0.25, 0.3) is 0 Å². The molecule has 0 aromatic heterocycles. The number of nitrogens with one attached hydrogen (secondary N) is 1. The Hall–Kier alpha value is -2.44. The van der Waals surface area contributed by atoms with Crippen molar-refractivity contribution in [1.29, 1.82) is 0 Å². The number of rotatable bonds is 47. The molecule has 0 aromatic carbocycles. The molecule has 0 bridgehead atoms. The van der Waals surface area contributed by atoms with Gasteiger partial charge in [0.25, 0.3) is 0 Å². The van der Waals surface area contributed by atoms with E-state index in [2.05, 4.69) is 80.8 Å². The van der Waals surface area contributed by atoms with Crippen molar-refractivity contribution in [3.8, 4) is 0 Å². The van der Waals surface area contributed by atoms with Crippen LogP contribution in [0.4, 0.5) is 0 Å². The number of aliphatic hydroxyl groups excluding tert-OH is 2. The first kappa shape index (κ1) is 59.6. The van der Waals surface area contributed by atoms with Gasteiger partial charge in [-0.2, -0.15) is 0 Å². The van der Waals surface area contributed by atoms with Gasteiger partial charge in [-0.05, 0) is 83.5 Å². The summed E-state index contributed by atoms with van der Waals surface area (Å²) in [5.41, 5.74) is 0. The summed E-state index contributed by atoms with van der Waals surface area (Å²) in [4.78, 5) is 26.1. The van der Waals surface area contributed by atoms with Crippen LogP contribution in [-0.4, -0.2) is 46.9 Å². The summed E-state index contributed by atoms with van der Waals surface area (Å²) in [6.07, 6.45) is 61.4. The predicted octanol–water partition coefficient (Wildman–Crippen LogP) is 16.0. The molecule has 0 aliphatic carbocycles. The van der Waals surface area contributed by atoms with Gasteiger partial charge in [0.1, 0.15) is 6.10 Å². The summed E-state index contributed by atoms with van der Waals surface area (Å²) in [5.74, 6) is -0.574. The van der Waals surface area contributed by atoms with Crippen molar-refractivity contribution in [2.24, 2.45) is 0 Å². The molecular weight excluding hydrogens is 767 g/mol. The minimum absolute atomic E-state index is 0.0395. The molecule has 1 amide bonds. The Balaban J connectivity index is 4.70. The predicted molar refractivity (Wildman–Crippen MR) is 268 cm³/mol. The molecule has 0 heterocycles. The van der Waals surface area contributed by atoms with E-state index in [1.807, 2.05) is 6.08 Å². The fourth-order valence-corrected chi connectivity index (χ4v) is 7.78. The number of hydrogen-bond acceptors (Lipinski definition) is 5. The van der Waals surface area contributed by atoms with Gasteiger partial charge in [0.05, 0.1) is 25.2 Å². The molecule has 6 heteroatoms. The average molecular weight is 868 g/mol. The highest BCUT2D eigenvalue weighted by molar-refractivity contribution is 5.77. The van der Waals surface area contributed by atoms with Crippen molar-refractivity contribution in [2.45, 2.75) is 277 Å². The molecule has 62 heavy (non-hydrogen) atoms. The molecule has 0 saturated carbocycles. The smallest absolute Gasteiger partial charge is 0.306 e. The summed E-state index contributed by atoms with van der Waals surface area (Å²) >= 11 is 0. The van der Waals surface area contributed by atoms with Gasteiger partial charge in [0.2, 0.25) is 5.91 Å². The number of unbranched alkanes of at least 4 members (excludes halogenated alkanes) is 25. The lowest BCUT2D eigenvalue weighted by molar-refractivity contribution is -0.150. The second-order valence-electron chi connectivity index (χ2n) is 17.9. The normalized spacial score (nSPS) is 13.7. The maximum absolute atomic E-state index is 13.2. The molecule has 0 spiro atoms. The van der Waals surface area contributed by atoms with Crippen molar-refractivity contribution in [3.63, 3.8) is 0 Å². The first-order chi connectivity index (χ1) is 30.5. The molecule has 3 N–H and O–H groups in total. The van der Waals surface area contributed by atoms with E-state index in [1.54, 1.807) is 0 Å². The summed E-state index contributed by atoms with van der Waals surface area (Å²) in [6.45, 7) is 6.43. The Morgan fingerprint density at radius 2 is 0.823 bits per heavy atom. The van der Waals surface area contributed by atoms with Gasteiger partial charge in [-0.25, -0.2) is 0 Å². The second-order valence-corrected chi connectivity index (χ2v) is 17.9. The van der Waals surface area contributed by atoms with E-state index >= 15 is 0 Å². The third-order valence-corrected chi connectivity index (χ3v) is 11.8. The van der Waals surface area contributed by atoms with E-state index in [9.17, 15) is 19.8 Å². The van der Waals surface area contributed by atoms with Crippen LogP contribution in [0.15, 0.2) is 60.8 Å². The number of carbonyl (C=O) groups is 2. The van der Waals surface area contributed by atoms with Gasteiger partial charge < -0.3 is 20.3 Å². The highest BCUT2D eigenvalue weighted by Gasteiger charge is 2.24. The number of hydrogen-bond donors (Lipinski definition) is 3. The van der Waals surface area contributed by atoms with Crippen molar-refractivity contribution < 1.29 is 24.5 Å². The number of aliphatic hydroxyl groups is 2. The van der Waals surface area contributed by atoms with Crippen LogP contribution >= 0.6 is 0 Å². The quantitative estimate of drug-likeness (QED) is 0.0322. The Morgan fingerprint density at radius 3 is 1.27 bits per heavy atom. The van der Waals surface area contributed by atoms with Gasteiger partial charge in [-0.3, -0.25) is 9.59 Å². The zero-order valence-corrected chi connectivity index (χ0v) is 41.0. The fourth-order valence-electron chi connectivity index (χ4n) is 7.78. The summed E-state index contributed by atoms with van der Waals surface area (Å²) in [6, 6.07) is -0.720. The Morgan fingerprint density at radius 1 is 0.468 bits per heavy atom. The van der Waals surface area contributed by atoms with E-state index < -0.39 is 18.2 Å². The highest BCUT2D eigenvalue weighted by atomic mass is 16.5. The Kier molecular flexibility index (Phi) is 47.6. The number of ether oxygens (including phenoxy) is 1. The van der Waals surface area contributed by atoms with Gasteiger partial charge in [0, 0.05) is 6.42 Å². The molecule has 0 aliphatic rings. The molecule has 0 rings (SSSR count). The van der Waals surface area contributed by atoms with Crippen molar-refractivity contribution in [3.05, 3.63) is 60.8 Å². The number of allylic oxidation sites excluding steroid dienone is 10. The maximum Gasteiger partial charge on any atom is 0.306 e. The molecule has 6 nitrogen and oxygen atoms in total. The Bertz CT molecular complexity index is 1110. The van der Waals surface area contributed by atoms with Crippen molar-refractivity contribution in [1.82, 2.24) is 5.32 Å². The molecule has 0 radical (unpaired) electrons. The molecule has 360 valence electrons. The molecular formula is C56H101NO5. The van der Waals surface area contributed by atoms with Gasteiger partial charge in [-0.1, -0.05) is 223 Å². The van der Waals surface area contributed by atoms with Crippen molar-refractivity contribution in [2.75, 3.05) is 6.61 Å². The minimum Gasteiger partial charge on any atom is -0.462 e. The van der Waals surface area contributed by atoms with E-state index in [-0.39, 0.29) is 31.3 Å². The van der Waals surface area contributed by atoms with E-state index in [0.717, 1.165) is 77.0 Å². The van der Waals surface area contributed by atoms with Crippen molar-refractivity contribution >= 4 is 11.9 Å². The van der Waals surface area contributed by atoms with Crippen LogP contribution in [0.3, 0.4) is 0 Å². The van der Waals surface area contributed by atoms with Crippen LogP contribution in [-0.2, 0) is 14.3 Å². The maximum atomic E-state index is 13.2.